The van der Waals surface area contributed by atoms with Crippen molar-refractivity contribution in [1.29, 1.82) is 0 Å². The number of aryl methyl sites for hydroxylation is 1. The number of oxazole rings is 1. The van der Waals surface area contributed by atoms with Gasteiger partial charge >= 0.3 is 6.18 Å². The second-order valence-electron chi connectivity index (χ2n) is 7.03. The maximum Gasteiger partial charge on any atom is 0.416 e. The van der Waals surface area contributed by atoms with E-state index >= 15 is 0 Å². The second-order valence-corrected chi connectivity index (χ2v) is 7.03. The highest BCUT2D eigenvalue weighted by molar-refractivity contribution is 5.71. The smallest absolute Gasteiger partial charge is 0.416 e. The van der Waals surface area contributed by atoms with Gasteiger partial charge in [-0.2, -0.15) is 13.2 Å². The molecule has 31 heavy (non-hydrogen) atoms. The lowest BCUT2D eigenvalue weighted by molar-refractivity contribution is -0.0883. The van der Waals surface area contributed by atoms with Crippen LogP contribution in [0.1, 0.15) is 56.6 Å². The summed E-state index contributed by atoms with van der Waals surface area (Å²) < 4.78 is 57.1. The molecule has 0 aromatic carbocycles. The molecule has 3 rings (SSSR count). The van der Waals surface area contributed by atoms with Crippen molar-refractivity contribution in [2.45, 2.75) is 51.8 Å². The molecule has 2 aromatic heterocycles. The SMILES string of the molecule is C\C=C/C(=C\C(=C\CC)C(F)(F)F)c1nc2c(o1)CCCC2Oc1ccc(OC)nc1. The van der Waals surface area contributed by atoms with Crippen molar-refractivity contribution in [3.63, 3.8) is 0 Å². The minimum absolute atomic E-state index is 0.151. The molecule has 0 aliphatic heterocycles. The summed E-state index contributed by atoms with van der Waals surface area (Å²) in [6.45, 7) is 3.39. The molecule has 1 aliphatic carbocycles. The third kappa shape index (κ3) is 5.57. The molecule has 0 amide bonds. The number of aromatic nitrogens is 2. The summed E-state index contributed by atoms with van der Waals surface area (Å²) >= 11 is 0. The zero-order valence-corrected chi connectivity index (χ0v) is 17.7. The highest BCUT2D eigenvalue weighted by Gasteiger charge is 2.33. The number of allylic oxidation sites excluding steroid dienone is 6. The highest BCUT2D eigenvalue weighted by Crippen LogP contribution is 2.36. The Hall–Kier alpha value is -3.03. The molecule has 0 bridgehead atoms. The van der Waals surface area contributed by atoms with Crippen LogP contribution in [0.15, 0.2) is 52.6 Å². The molecule has 5 nitrogen and oxygen atoms in total. The number of nitrogens with zero attached hydrogens (tertiary/aromatic N) is 2. The summed E-state index contributed by atoms with van der Waals surface area (Å²) in [5.41, 5.74) is 0.149. The van der Waals surface area contributed by atoms with Crippen LogP contribution in [0.25, 0.3) is 5.57 Å². The summed E-state index contributed by atoms with van der Waals surface area (Å²) in [6, 6.07) is 3.44. The van der Waals surface area contributed by atoms with E-state index in [1.54, 1.807) is 44.3 Å². The molecule has 0 N–H and O–H groups in total. The number of rotatable bonds is 7. The lowest BCUT2D eigenvalue weighted by Crippen LogP contribution is -2.15. The van der Waals surface area contributed by atoms with Gasteiger partial charge in [-0.15, -0.1) is 0 Å². The van der Waals surface area contributed by atoms with Crippen molar-refractivity contribution in [2.24, 2.45) is 0 Å². The van der Waals surface area contributed by atoms with Gasteiger partial charge in [0.2, 0.25) is 11.8 Å². The first kappa shape index (κ1) is 22.7. The topological polar surface area (TPSA) is 57.4 Å². The Labute approximate surface area is 179 Å². The Balaban J connectivity index is 1.92. The second kappa shape index (κ2) is 9.85. The van der Waals surface area contributed by atoms with Crippen LogP contribution in [-0.4, -0.2) is 23.3 Å². The predicted molar refractivity (Wildman–Crippen MR) is 111 cm³/mol. The fourth-order valence-corrected chi connectivity index (χ4v) is 3.34. The summed E-state index contributed by atoms with van der Waals surface area (Å²) in [6.07, 6.45) is 4.65. The van der Waals surface area contributed by atoms with E-state index in [1.165, 1.54) is 7.11 Å². The number of hydrogen-bond acceptors (Lipinski definition) is 5. The molecule has 2 aromatic rings. The largest absolute Gasteiger partial charge is 0.482 e. The van der Waals surface area contributed by atoms with Crippen molar-refractivity contribution >= 4 is 5.57 Å². The Bertz CT molecular complexity index is 973. The summed E-state index contributed by atoms with van der Waals surface area (Å²) in [5, 5.41) is 0. The van der Waals surface area contributed by atoms with Crippen LogP contribution in [-0.2, 0) is 6.42 Å². The van der Waals surface area contributed by atoms with E-state index in [-0.39, 0.29) is 24.0 Å². The van der Waals surface area contributed by atoms with E-state index in [0.29, 0.717) is 29.5 Å². The van der Waals surface area contributed by atoms with E-state index < -0.39 is 11.7 Å². The standard InChI is InChI=1S/C23H25F3N2O3/c1-4-7-15(13-16(8-5-2)23(24,25)26)22-28-21-18(9-6-10-19(21)31-22)30-17-11-12-20(29-3)27-14-17/h4,7-8,11-14,18H,5-6,9-10H2,1-3H3/b7-4-,15-13+,16-8-. The monoisotopic (exact) mass is 434 g/mol. The summed E-state index contributed by atoms with van der Waals surface area (Å²) in [7, 11) is 1.53. The van der Waals surface area contributed by atoms with E-state index in [0.717, 1.165) is 25.0 Å². The Morgan fingerprint density at radius 1 is 1.32 bits per heavy atom. The highest BCUT2D eigenvalue weighted by atomic mass is 19.4. The van der Waals surface area contributed by atoms with Gasteiger partial charge in [-0.3, -0.25) is 0 Å². The molecule has 1 atom stereocenters. The molecule has 166 valence electrons. The minimum Gasteiger partial charge on any atom is -0.482 e. The third-order valence-electron chi connectivity index (χ3n) is 4.75. The normalized spacial score (nSPS) is 17.7. The number of alkyl halides is 3. The van der Waals surface area contributed by atoms with E-state index in [2.05, 4.69) is 9.97 Å². The molecular formula is C23H25F3N2O3. The van der Waals surface area contributed by atoms with E-state index in [4.69, 9.17) is 13.9 Å². The summed E-state index contributed by atoms with van der Waals surface area (Å²) in [5.74, 6) is 1.81. The first-order valence-corrected chi connectivity index (χ1v) is 10.1. The van der Waals surface area contributed by atoms with Crippen molar-refractivity contribution in [3.05, 3.63) is 65.6 Å². The quantitative estimate of drug-likeness (QED) is 0.473. The van der Waals surface area contributed by atoms with Crippen LogP contribution in [0.5, 0.6) is 11.6 Å². The number of pyridine rings is 1. The molecule has 1 unspecified atom stereocenters. The third-order valence-corrected chi connectivity index (χ3v) is 4.75. The van der Waals surface area contributed by atoms with Gasteiger partial charge in [0.25, 0.3) is 0 Å². The van der Waals surface area contributed by atoms with Crippen molar-refractivity contribution in [3.8, 4) is 11.6 Å². The van der Waals surface area contributed by atoms with Gasteiger partial charge < -0.3 is 13.9 Å². The Kier molecular flexibility index (Phi) is 7.20. The number of ether oxygens (including phenoxy) is 2. The van der Waals surface area contributed by atoms with E-state index in [9.17, 15) is 13.2 Å². The maximum atomic E-state index is 13.4. The van der Waals surface area contributed by atoms with Crippen LogP contribution in [0, 0.1) is 0 Å². The number of hydrogen-bond donors (Lipinski definition) is 0. The van der Waals surface area contributed by atoms with Gasteiger partial charge in [-0.1, -0.05) is 25.2 Å². The predicted octanol–water partition coefficient (Wildman–Crippen LogP) is 6.39. The zero-order chi connectivity index (χ0) is 22.4. The van der Waals surface area contributed by atoms with Gasteiger partial charge in [0, 0.05) is 18.1 Å². The minimum atomic E-state index is -4.46. The summed E-state index contributed by atoms with van der Waals surface area (Å²) in [4.78, 5) is 8.65. The number of methoxy groups -OCH3 is 1. The number of halogens is 3. The molecule has 0 saturated heterocycles. The maximum absolute atomic E-state index is 13.4. The van der Waals surface area contributed by atoms with Crippen LogP contribution < -0.4 is 9.47 Å². The van der Waals surface area contributed by atoms with Gasteiger partial charge in [0.05, 0.1) is 18.9 Å². The molecule has 0 fully saturated rings. The van der Waals surface area contributed by atoms with Crippen LogP contribution in [0.3, 0.4) is 0 Å². The molecular weight excluding hydrogens is 409 g/mol. The molecule has 1 aliphatic rings. The van der Waals surface area contributed by atoms with Crippen LogP contribution in [0.2, 0.25) is 0 Å². The lowest BCUT2D eigenvalue weighted by atomic mass is 9.99. The van der Waals surface area contributed by atoms with Crippen molar-refractivity contribution in [1.82, 2.24) is 9.97 Å². The van der Waals surface area contributed by atoms with Crippen LogP contribution in [0.4, 0.5) is 13.2 Å². The average Bonchev–Trinajstić information content (AvgIpc) is 3.18. The van der Waals surface area contributed by atoms with Crippen LogP contribution >= 0.6 is 0 Å². The van der Waals surface area contributed by atoms with Gasteiger partial charge in [0.15, 0.2) is 0 Å². The van der Waals surface area contributed by atoms with Crippen molar-refractivity contribution < 1.29 is 27.1 Å². The molecule has 0 spiro atoms. The van der Waals surface area contributed by atoms with Gasteiger partial charge in [-0.25, -0.2) is 9.97 Å². The Morgan fingerprint density at radius 3 is 2.74 bits per heavy atom. The Morgan fingerprint density at radius 2 is 2.13 bits per heavy atom. The van der Waals surface area contributed by atoms with E-state index in [1.807, 2.05) is 0 Å². The number of fused-ring (bicyclic) bond motifs is 1. The molecule has 0 saturated carbocycles. The lowest BCUT2D eigenvalue weighted by Gasteiger charge is -2.21. The zero-order valence-electron chi connectivity index (χ0n) is 17.7. The van der Waals surface area contributed by atoms with Crippen molar-refractivity contribution in [2.75, 3.05) is 7.11 Å². The van der Waals surface area contributed by atoms with Gasteiger partial charge in [0.1, 0.15) is 23.3 Å². The van der Waals surface area contributed by atoms with Gasteiger partial charge in [-0.05, 0) is 38.3 Å². The molecule has 0 radical (unpaired) electrons. The molecule has 8 heteroatoms. The fourth-order valence-electron chi connectivity index (χ4n) is 3.34. The first-order chi connectivity index (χ1) is 14.9. The first-order valence-electron chi connectivity index (χ1n) is 10.1. The molecule has 2 heterocycles. The fraction of sp³-hybridized carbons (Fsp3) is 0.391. The average molecular weight is 434 g/mol.